The van der Waals surface area contributed by atoms with Crippen molar-refractivity contribution in [2.45, 2.75) is 57.4 Å². The summed E-state index contributed by atoms with van der Waals surface area (Å²) in [6, 6.07) is 18.7. The molecule has 1 spiro atoms. The molecule has 0 N–H and O–H groups in total. The Bertz CT molecular complexity index is 1260. The minimum atomic E-state index is 0.199. The number of hydrogen-bond donors (Lipinski definition) is 0. The summed E-state index contributed by atoms with van der Waals surface area (Å²) < 4.78 is 0. The molecule has 1 aromatic heterocycles. The molecule has 3 aromatic rings. The molecule has 2 saturated heterocycles. The number of aromatic nitrogens is 2. The Morgan fingerprint density at radius 2 is 1.46 bits per heavy atom. The topological polar surface area (TPSA) is 35.5 Å². The highest BCUT2D eigenvalue weighted by molar-refractivity contribution is 5.53. The van der Waals surface area contributed by atoms with Crippen molar-refractivity contribution in [1.82, 2.24) is 14.9 Å². The van der Waals surface area contributed by atoms with Crippen molar-refractivity contribution in [3.05, 3.63) is 82.7 Å². The van der Waals surface area contributed by atoms with Gasteiger partial charge in [0.15, 0.2) is 0 Å². The number of anilines is 2. The monoisotopic (exact) mass is 493 g/mol. The van der Waals surface area contributed by atoms with Crippen molar-refractivity contribution in [3.63, 3.8) is 0 Å². The Morgan fingerprint density at radius 1 is 0.784 bits per heavy atom. The van der Waals surface area contributed by atoms with E-state index in [0.29, 0.717) is 5.41 Å². The van der Waals surface area contributed by atoms with E-state index in [4.69, 9.17) is 9.97 Å². The summed E-state index contributed by atoms with van der Waals surface area (Å²) in [7, 11) is 2.24. The molecule has 7 rings (SSSR count). The lowest BCUT2D eigenvalue weighted by atomic mass is 9.60. The maximum atomic E-state index is 5.11. The molecule has 1 aliphatic carbocycles. The first-order chi connectivity index (χ1) is 18.0. The van der Waals surface area contributed by atoms with Gasteiger partial charge in [-0.25, -0.2) is 9.97 Å². The Balaban J connectivity index is 1.06. The zero-order valence-corrected chi connectivity index (χ0v) is 22.4. The molecule has 1 saturated carbocycles. The molecule has 2 aromatic carbocycles. The predicted molar refractivity (Wildman–Crippen MR) is 150 cm³/mol. The van der Waals surface area contributed by atoms with E-state index in [-0.39, 0.29) is 5.41 Å². The lowest BCUT2D eigenvalue weighted by Crippen LogP contribution is -2.58. The second-order valence-electron chi connectivity index (χ2n) is 12.3. The minimum Gasteiger partial charge on any atom is -0.365 e. The second-order valence-corrected chi connectivity index (χ2v) is 12.3. The number of aryl methyl sites for hydroxylation is 1. The molecule has 0 radical (unpaired) electrons. The SMILES string of the molecule is Cc1ccc(C2(c3ccc(N4CCc5cnc(N6CCC7(CC6)CN(C)C7)nc5C4)cc3)CCC2)cc1. The Kier molecular flexibility index (Phi) is 5.54. The average Bonchev–Trinajstić information content (AvgIpc) is 2.89. The molecule has 5 heteroatoms. The molecule has 4 aliphatic rings. The Labute approximate surface area is 221 Å². The van der Waals surface area contributed by atoms with Gasteiger partial charge in [-0.2, -0.15) is 0 Å². The average molecular weight is 494 g/mol. The first-order valence-electron chi connectivity index (χ1n) is 14.2. The van der Waals surface area contributed by atoms with Crippen molar-refractivity contribution < 1.29 is 0 Å². The van der Waals surface area contributed by atoms with E-state index >= 15 is 0 Å². The summed E-state index contributed by atoms with van der Waals surface area (Å²) in [5.41, 5.74) is 8.86. The van der Waals surface area contributed by atoms with Crippen LogP contribution in [0.3, 0.4) is 0 Å². The number of fused-ring (bicyclic) bond motifs is 1. The summed E-state index contributed by atoms with van der Waals surface area (Å²) in [5.74, 6) is 0.934. The number of piperidine rings is 1. The maximum Gasteiger partial charge on any atom is 0.225 e. The number of nitrogens with zero attached hydrogens (tertiary/aromatic N) is 5. The van der Waals surface area contributed by atoms with Gasteiger partial charge in [0.2, 0.25) is 5.95 Å². The standard InChI is InChI=1S/C32H39N5/c1-24-4-6-26(7-5-24)32(13-3-14-32)27-8-10-28(11-9-27)37-17-12-25-20-33-30(34-29(25)21-37)36-18-15-31(16-19-36)22-35(2)23-31/h4-11,20H,3,12-19,21-23H2,1-2H3. The first-order valence-corrected chi connectivity index (χ1v) is 14.2. The molecule has 4 heterocycles. The zero-order chi connectivity index (χ0) is 25.0. The van der Waals surface area contributed by atoms with Crippen molar-refractivity contribution in [2.75, 3.05) is 49.6 Å². The number of hydrogen-bond acceptors (Lipinski definition) is 5. The first kappa shape index (κ1) is 23.2. The smallest absolute Gasteiger partial charge is 0.225 e. The number of rotatable bonds is 4. The molecule has 0 unspecified atom stereocenters. The molecular formula is C32H39N5. The third-order valence-electron chi connectivity index (χ3n) is 9.85. The van der Waals surface area contributed by atoms with Gasteiger partial charge in [0.25, 0.3) is 0 Å². The van der Waals surface area contributed by atoms with Crippen molar-refractivity contribution in [1.29, 1.82) is 0 Å². The van der Waals surface area contributed by atoms with E-state index in [1.54, 1.807) is 0 Å². The van der Waals surface area contributed by atoms with Gasteiger partial charge in [-0.15, -0.1) is 0 Å². The lowest BCUT2D eigenvalue weighted by molar-refractivity contribution is 0.00110. The van der Waals surface area contributed by atoms with Gasteiger partial charge in [0.05, 0.1) is 12.2 Å². The van der Waals surface area contributed by atoms with Crippen LogP contribution in [0.25, 0.3) is 0 Å². The summed E-state index contributed by atoms with van der Waals surface area (Å²) >= 11 is 0. The third-order valence-corrected chi connectivity index (χ3v) is 9.85. The van der Waals surface area contributed by atoms with Gasteiger partial charge >= 0.3 is 0 Å². The fourth-order valence-electron chi connectivity index (χ4n) is 7.40. The van der Waals surface area contributed by atoms with Crippen LogP contribution in [-0.2, 0) is 18.4 Å². The van der Waals surface area contributed by atoms with Crippen molar-refractivity contribution in [3.8, 4) is 0 Å². The molecular weight excluding hydrogens is 454 g/mol. The molecule has 0 bridgehead atoms. The molecule has 0 atom stereocenters. The van der Waals surface area contributed by atoms with E-state index in [1.165, 1.54) is 78.8 Å². The largest absolute Gasteiger partial charge is 0.365 e. The molecule has 3 aliphatic heterocycles. The highest BCUT2D eigenvalue weighted by Gasteiger charge is 2.43. The third kappa shape index (κ3) is 4.03. The predicted octanol–water partition coefficient (Wildman–Crippen LogP) is 5.35. The van der Waals surface area contributed by atoms with Crippen LogP contribution in [0.4, 0.5) is 11.6 Å². The normalized spacial score (nSPS) is 22.3. The fraction of sp³-hybridized carbons (Fsp3) is 0.500. The molecule has 192 valence electrons. The van der Waals surface area contributed by atoms with E-state index in [0.717, 1.165) is 38.5 Å². The maximum absolute atomic E-state index is 5.11. The quantitative estimate of drug-likeness (QED) is 0.490. The summed E-state index contributed by atoms with van der Waals surface area (Å²) in [6.07, 6.45) is 9.46. The van der Waals surface area contributed by atoms with E-state index in [1.807, 2.05) is 0 Å². The van der Waals surface area contributed by atoms with Gasteiger partial charge in [-0.3, -0.25) is 0 Å². The lowest BCUT2D eigenvalue weighted by Gasteiger charge is -2.52. The van der Waals surface area contributed by atoms with Crippen LogP contribution < -0.4 is 9.80 Å². The van der Waals surface area contributed by atoms with Crippen LogP contribution >= 0.6 is 0 Å². The van der Waals surface area contributed by atoms with Crippen LogP contribution in [0, 0.1) is 12.3 Å². The summed E-state index contributed by atoms with van der Waals surface area (Å²) in [4.78, 5) is 17.3. The van der Waals surface area contributed by atoms with Crippen LogP contribution in [0.2, 0.25) is 0 Å². The van der Waals surface area contributed by atoms with E-state index in [2.05, 4.69) is 83.4 Å². The Morgan fingerprint density at radius 3 is 2.08 bits per heavy atom. The molecule has 0 amide bonds. The van der Waals surface area contributed by atoms with Crippen LogP contribution in [-0.4, -0.2) is 54.6 Å². The van der Waals surface area contributed by atoms with Gasteiger partial charge in [-0.1, -0.05) is 48.4 Å². The van der Waals surface area contributed by atoms with Crippen LogP contribution in [0.1, 0.15) is 60.1 Å². The molecule has 37 heavy (non-hydrogen) atoms. The van der Waals surface area contributed by atoms with Crippen molar-refractivity contribution in [2.24, 2.45) is 5.41 Å². The highest BCUT2D eigenvalue weighted by atomic mass is 15.3. The fourth-order valence-corrected chi connectivity index (χ4v) is 7.40. The van der Waals surface area contributed by atoms with Crippen LogP contribution in [0.5, 0.6) is 0 Å². The van der Waals surface area contributed by atoms with Gasteiger partial charge < -0.3 is 14.7 Å². The number of likely N-dealkylation sites (tertiary alicyclic amines) is 1. The van der Waals surface area contributed by atoms with Crippen molar-refractivity contribution >= 4 is 11.6 Å². The molecule has 3 fully saturated rings. The zero-order valence-electron chi connectivity index (χ0n) is 22.4. The molecule has 5 nitrogen and oxygen atoms in total. The van der Waals surface area contributed by atoms with Gasteiger partial charge in [-0.05, 0) is 80.3 Å². The summed E-state index contributed by atoms with van der Waals surface area (Å²) in [6.45, 7) is 8.75. The van der Waals surface area contributed by atoms with Crippen LogP contribution in [0.15, 0.2) is 54.7 Å². The van der Waals surface area contributed by atoms with E-state index < -0.39 is 0 Å². The van der Waals surface area contributed by atoms with E-state index in [9.17, 15) is 0 Å². The van der Waals surface area contributed by atoms with Gasteiger partial charge in [0.1, 0.15) is 0 Å². The van der Waals surface area contributed by atoms with Gasteiger partial charge in [0, 0.05) is 50.0 Å². The highest BCUT2D eigenvalue weighted by Crippen LogP contribution is 2.49. The summed E-state index contributed by atoms with van der Waals surface area (Å²) in [5, 5.41) is 0. The number of benzene rings is 2. The minimum absolute atomic E-state index is 0.199. The second kappa shape index (κ2) is 8.83. The Hall–Kier alpha value is -2.92.